The van der Waals surface area contributed by atoms with Crippen LogP contribution in [0.2, 0.25) is 0 Å². The quantitative estimate of drug-likeness (QED) is 0.317. The van der Waals surface area contributed by atoms with E-state index in [2.05, 4.69) is 10.2 Å². The molecule has 4 N–H and O–H groups in total. The van der Waals surface area contributed by atoms with Crippen molar-refractivity contribution in [1.82, 2.24) is 5.32 Å². The van der Waals surface area contributed by atoms with Gasteiger partial charge in [0.05, 0.1) is 5.92 Å². The Bertz CT molecular complexity index is 834. The predicted octanol–water partition coefficient (Wildman–Crippen LogP) is 4.13. The summed E-state index contributed by atoms with van der Waals surface area (Å²) in [5.41, 5.74) is 7.43. The van der Waals surface area contributed by atoms with E-state index in [0.717, 1.165) is 75.7 Å². The molecule has 7 heteroatoms. The Balaban J connectivity index is 1.13. The van der Waals surface area contributed by atoms with Crippen LogP contribution < -0.4 is 16.0 Å². The standard InChI is InChI=1S/C27H40N4O3/c28-26(29)20-8-12-23(13-9-20)31-16-14-19(15-17-31)18-25(32)30-22-10-6-21(7-11-22)27(33)34-24-4-2-1-3-5-24/h8-9,12-13,19,21-22,24H,1-7,10-11,14-18H2,(H3,28,29)(H,30,32). The number of nitrogen functional groups attached to an aromatic ring is 1. The number of piperidine rings is 1. The van der Waals surface area contributed by atoms with Crippen molar-refractivity contribution in [3.63, 3.8) is 0 Å². The maximum atomic E-state index is 12.7. The molecular formula is C27H40N4O3. The van der Waals surface area contributed by atoms with E-state index < -0.39 is 0 Å². The number of rotatable bonds is 7. The normalized spacial score (nSPS) is 24.4. The zero-order chi connectivity index (χ0) is 23.9. The summed E-state index contributed by atoms with van der Waals surface area (Å²) < 4.78 is 5.76. The van der Waals surface area contributed by atoms with Crippen molar-refractivity contribution in [3.8, 4) is 0 Å². The van der Waals surface area contributed by atoms with Gasteiger partial charge in [0.1, 0.15) is 11.9 Å². The zero-order valence-corrected chi connectivity index (χ0v) is 20.3. The maximum absolute atomic E-state index is 12.7. The summed E-state index contributed by atoms with van der Waals surface area (Å²) in [6.45, 7) is 1.87. The molecule has 2 aliphatic carbocycles. The average Bonchev–Trinajstić information content (AvgIpc) is 2.85. The number of carbonyl (C=O) groups excluding carboxylic acids is 2. The molecule has 3 fully saturated rings. The van der Waals surface area contributed by atoms with Crippen molar-refractivity contribution >= 4 is 23.4 Å². The number of amidine groups is 1. The molecule has 0 spiro atoms. The fraction of sp³-hybridized carbons (Fsp3) is 0.667. The second-order valence-corrected chi connectivity index (χ2v) is 10.4. The number of nitrogens with zero attached hydrogens (tertiary/aromatic N) is 1. The molecule has 4 rings (SSSR count). The summed E-state index contributed by atoms with van der Waals surface area (Å²) in [4.78, 5) is 27.5. The van der Waals surface area contributed by atoms with Crippen molar-refractivity contribution < 1.29 is 14.3 Å². The number of hydrogen-bond donors (Lipinski definition) is 3. The van der Waals surface area contributed by atoms with Crippen LogP contribution in [0.4, 0.5) is 5.69 Å². The van der Waals surface area contributed by atoms with Gasteiger partial charge in [-0.25, -0.2) is 0 Å². The van der Waals surface area contributed by atoms with Gasteiger partial charge in [0.15, 0.2) is 0 Å². The van der Waals surface area contributed by atoms with Crippen LogP contribution in [0.5, 0.6) is 0 Å². The highest BCUT2D eigenvalue weighted by molar-refractivity contribution is 5.95. The van der Waals surface area contributed by atoms with Gasteiger partial charge in [0, 0.05) is 36.8 Å². The van der Waals surface area contributed by atoms with Crippen molar-refractivity contribution in [2.75, 3.05) is 18.0 Å². The first-order valence-corrected chi connectivity index (χ1v) is 13.2. The predicted molar refractivity (Wildman–Crippen MR) is 134 cm³/mol. The lowest BCUT2D eigenvalue weighted by Crippen LogP contribution is -2.41. The molecule has 34 heavy (non-hydrogen) atoms. The molecule has 186 valence electrons. The summed E-state index contributed by atoms with van der Waals surface area (Å²) in [6.07, 6.45) is 11.7. The van der Waals surface area contributed by atoms with Crippen LogP contribution in [0.25, 0.3) is 0 Å². The Morgan fingerprint density at radius 2 is 1.59 bits per heavy atom. The van der Waals surface area contributed by atoms with Crippen LogP contribution in [0.3, 0.4) is 0 Å². The van der Waals surface area contributed by atoms with E-state index in [4.69, 9.17) is 15.9 Å². The van der Waals surface area contributed by atoms with E-state index >= 15 is 0 Å². The van der Waals surface area contributed by atoms with Gasteiger partial charge in [-0.3, -0.25) is 15.0 Å². The summed E-state index contributed by atoms with van der Waals surface area (Å²) in [6, 6.07) is 8.01. The number of amides is 1. The van der Waals surface area contributed by atoms with Gasteiger partial charge in [0.25, 0.3) is 0 Å². The molecule has 0 unspecified atom stereocenters. The lowest BCUT2D eigenvalue weighted by atomic mass is 9.85. The Hall–Kier alpha value is -2.57. The highest BCUT2D eigenvalue weighted by Crippen LogP contribution is 2.29. The molecule has 2 saturated carbocycles. The lowest BCUT2D eigenvalue weighted by Gasteiger charge is -2.34. The zero-order valence-electron chi connectivity index (χ0n) is 20.3. The number of anilines is 1. The average molecular weight is 469 g/mol. The molecule has 0 radical (unpaired) electrons. The van der Waals surface area contributed by atoms with Crippen molar-refractivity contribution in [3.05, 3.63) is 29.8 Å². The van der Waals surface area contributed by atoms with Gasteiger partial charge in [0.2, 0.25) is 5.91 Å². The van der Waals surface area contributed by atoms with Crippen LogP contribution in [-0.4, -0.2) is 42.9 Å². The largest absolute Gasteiger partial charge is 0.462 e. The highest BCUT2D eigenvalue weighted by atomic mass is 16.5. The first-order valence-electron chi connectivity index (χ1n) is 13.2. The third kappa shape index (κ3) is 6.73. The van der Waals surface area contributed by atoms with E-state index in [-0.39, 0.29) is 35.8 Å². The number of nitrogens with one attached hydrogen (secondary N) is 2. The fourth-order valence-electron chi connectivity index (χ4n) is 5.71. The molecule has 0 bridgehead atoms. The molecule has 7 nitrogen and oxygen atoms in total. The van der Waals surface area contributed by atoms with E-state index in [1.807, 2.05) is 24.3 Å². The molecule has 1 aliphatic heterocycles. The molecular weight excluding hydrogens is 428 g/mol. The minimum Gasteiger partial charge on any atom is -0.462 e. The van der Waals surface area contributed by atoms with Gasteiger partial charge in [-0.15, -0.1) is 0 Å². The van der Waals surface area contributed by atoms with E-state index in [1.165, 1.54) is 19.3 Å². The third-order valence-corrected chi connectivity index (χ3v) is 7.89. The van der Waals surface area contributed by atoms with Crippen molar-refractivity contribution in [1.29, 1.82) is 5.41 Å². The number of nitrogens with two attached hydrogens (primary N) is 1. The fourth-order valence-corrected chi connectivity index (χ4v) is 5.71. The van der Waals surface area contributed by atoms with E-state index in [1.54, 1.807) is 0 Å². The van der Waals surface area contributed by atoms with Crippen LogP contribution in [0.15, 0.2) is 24.3 Å². The van der Waals surface area contributed by atoms with Crippen molar-refractivity contribution in [2.45, 2.75) is 89.2 Å². The Morgan fingerprint density at radius 3 is 2.21 bits per heavy atom. The van der Waals surface area contributed by atoms with E-state index in [0.29, 0.717) is 12.3 Å². The van der Waals surface area contributed by atoms with Crippen molar-refractivity contribution in [2.24, 2.45) is 17.6 Å². The van der Waals surface area contributed by atoms with Gasteiger partial charge in [-0.05, 0) is 94.4 Å². The number of ether oxygens (including phenoxy) is 1. The van der Waals surface area contributed by atoms with Crippen LogP contribution in [-0.2, 0) is 14.3 Å². The second kappa shape index (κ2) is 11.7. The van der Waals surface area contributed by atoms with Gasteiger partial charge < -0.3 is 20.7 Å². The molecule has 1 heterocycles. The molecule has 1 amide bonds. The van der Waals surface area contributed by atoms with E-state index in [9.17, 15) is 9.59 Å². The van der Waals surface area contributed by atoms with Crippen LogP contribution >= 0.6 is 0 Å². The SMILES string of the molecule is N=C(N)c1ccc(N2CCC(CC(=O)NC3CCC(C(=O)OC4CCCCC4)CC3)CC2)cc1. The summed E-state index contributed by atoms with van der Waals surface area (Å²) in [7, 11) is 0. The minimum atomic E-state index is -0.0145. The molecule has 1 saturated heterocycles. The first-order chi connectivity index (χ1) is 16.5. The molecule has 1 aromatic carbocycles. The van der Waals surface area contributed by atoms with Gasteiger partial charge in [-0.1, -0.05) is 6.42 Å². The molecule has 3 aliphatic rings. The monoisotopic (exact) mass is 468 g/mol. The van der Waals surface area contributed by atoms with Crippen LogP contribution in [0, 0.1) is 17.2 Å². The summed E-state index contributed by atoms with van der Waals surface area (Å²) in [5.74, 6) is 0.638. The maximum Gasteiger partial charge on any atom is 0.309 e. The number of carbonyl (C=O) groups is 2. The second-order valence-electron chi connectivity index (χ2n) is 10.4. The third-order valence-electron chi connectivity index (χ3n) is 7.89. The Morgan fingerprint density at radius 1 is 0.941 bits per heavy atom. The summed E-state index contributed by atoms with van der Waals surface area (Å²) >= 11 is 0. The molecule has 1 aromatic rings. The Kier molecular flexibility index (Phi) is 8.46. The number of hydrogen-bond acceptors (Lipinski definition) is 5. The summed E-state index contributed by atoms with van der Waals surface area (Å²) in [5, 5.41) is 10.7. The molecule has 0 aromatic heterocycles. The van der Waals surface area contributed by atoms with Gasteiger partial charge >= 0.3 is 5.97 Å². The highest BCUT2D eigenvalue weighted by Gasteiger charge is 2.30. The molecule has 0 atom stereocenters. The topological polar surface area (TPSA) is 109 Å². The number of esters is 1. The van der Waals surface area contributed by atoms with Crippen LogP contribution in [0.1, 0.15) is 82.6 Å². The van der Waals surface area contributed by atoms with Gasteiger partial charge in [-0.2, -0.15) is 0 Å². The Labute approximate surface area is 203 Å². The number of benzene rings is 1. The first kappa shape index (κ1) is 24.6. The minimum absolute atomic E-state index is 0.00363. The smallest absolute Gasteiger partial charge is 0.309 e. The lowest BCUT2D eigenvalue weighted by molar-refractivity contribution is -0.156.